The van der Waals surface area contributed by atoms with E-state index in [9.17, 15) is 4.79 Å². The Balaban J connectivity index is 2.57. The van der Waals surface area contributed by atoms with E-state index in [1.54, 1.807) is 18.2 Å². The highest BCUT2D eigenvalue weighted by atomic mass is 127. The first-order chi connectivity index (χ1) is 5.81. The van der Waals surface area contributed by atoms with Crippen LogP contribution in [0.1, 0.15) is 15.9 Å². The van der Waals surface area contributed by atoms with Crippen molar-refractivity contribution in [1.82, 2.24) is 5.43 Å². The zero-order chi connectivity index (χ0) is 8.55. The van der Waals surface area contributed by atoms with Gasteiger partial charge in [0.25, 0.3) is 0 Å². The van der Waals surface area contributed by atoms with Crippen LogP contribution < -0.4 is 5.43 Å². The third-order valence-electron chi connectivity index (χ3n) is 1.62. The van der Waals surface area contributed by atoms with Crippen molar-refractivity contribution >= 4 is 38.3 Å². The zero-order valence-electron chi connectivity index (χ0n) is 5.99. The van der Waals surface area contributed by atoms with E-state index >= 15 is 0 Å². The second kappa shape index (κ2) is 2.85. The predicted octanol–water partition coefficient (Wildman–Crippen LogP) is 1.85. The molecule has 0 saturated heterocycles. The molecule has 2 rings (SSSR count). The van der Waals surface area contributed by atoms with Gasteiger partial charge in [0.1, 0.15) is 10.0 Å². The smallest absolute Gasteiger partial charge is 0.150 e. The molecule has 0 N–H and O–H groups in total. The van der Waals surface area contributed by atoms with Crippen LogP contribution in [0.5, 0.6) is 0 Å². The van der Waals surface area contributed by atoms with E-state index in [0.29, 0.717) is 5.56 Å². The molecule has 0 saturated carbocycles. The van der Waals surface area contributed by atoms with Gasteiger partial charge in [0.05, 0.1) is 5.69 Å². The molecule has 59 valence electrons. The number of aldehydes is 1. The highest BCUT2D eigenvalue weighted by Crippen LogP contribution is 2.25. The van der Waals surface area contributed by atoms with Crippen molar-refractivity contribution in [3.05, 3.63) is 29.3 Å². The standard InChI is InChI=1S/C8H4IN2O/c9-8-6-3-5(4-12)1-2-7(6)10-11-8/h1-4H. The van der Waals surface area contributed by atoms with Crippen LogP contribution >= 0.6 is 22.6 Å². The molecular formula is C8H4IN2O. The maximum Gasteiger partial charge on any atom is 0.150 e. The van der Waals surface area contributed by atoms with Gasteiger partial charge in [-0.1, -0.05) is 0 Å². The molecule has 1 radical (unpaired) electrons. The van der Waals surface area contributed by atoms with Gasteiger partial charge in [-0.15, -0.1) is 10.5 Å². The number of carbonyl (C=O) groups is 1. The summed E-state index contributed by atoms with van der Waals surface area (Å²) in [4.78, 5) is 10.4. The number of fused-ring (bicyclic) bond motifs is 1. The molecule has 1 aliphatic rings. The van der Waals surface area contributed by atoms with Crippen LogP contribution in [0.15, 0.2) is 23.3 Å². The van der Waals surface area contributed by atoms with Crippen molar-refractivity contribution in [2.45, 2.75) is 0 Å². The van der Waals surface area contributed by atoms with Crippen molar-refractivity contribution in [3.8, 4) is 0 Å². The molecule has 1 aromatic rings. The van der Waals surface area contributed by atoms with Gasteiger partial charge in [0.2, 0.25) is 0 Å². The van der Waals surface area contributed by atoms with E-state index in [4.69, 9.17) is 0 Å². The van der Waals surface area contributed by atoms with Crippen LogP contribution in [-0.2, 0) is 0 Å². The van der Waals surface area contributed by atoms with Crippen molar-refractivity contribution < 1.29 is 4.79 Å². The Kier molecular flexibility index (Phi) is 1.84. The highest BCUT2D eigenvalue weighted by molar-refractivity contribution is 14.1. The Bertz CT molecular complexity index is 373. The minimum atomic E-state index is 0.662. The Labute approximate surface area is 83.0 Å². The second-order valence-electron chi connectivity index (χ2n) is 2.39. The lowest BCUT2D eigenvalue weighted by molar-refractivity contribution is 0.112. The molecule has 0 atom stereocenters. The van der Waals surface area contributed by atoms with Crippen molar-refractivity contribution in [3.63, 3.8) is 0 Å². The largest absolute Gasteiger partial charge is 0.298 e. The van der Waals surface area contributed by atoms with Gasteiger partial charge in [-0.2, -0.15) is 0 Å². The molecule has 0 bridgehead atoms. The summed E-state index contributed by atoms with van der Waals surface area (Å²) in [6.07, 6.45) is 0.822. The van der Waals surface area contributed by atoms with Gasteiger partial charge >= 0.3 is 0 Å². The van der Waals surface area contributed by atoms with Gasteiger partial charge < -0.3 is 0 Å². The molecule has 12 heavy (non-hydrogen) atoms. The van der Waals surface area contributed by atoms with E-state index in [1.807, 2.05) is 0 Å². The van der Waals surface area contributed by atoms with Gasteiger partial charge in [0, 0.05) is 11.1 Å². The number of benzene rings is 1. The maximum atomic E-state index is 10.4. The molecule has 0 spiro atoms. The van der Waals surface area contributed by atoms with Crippen LogP contribution in [-0.4, -0.2) is 10.0 Å². The van der Waals surface area contributed by atoms with E-state index < -0.39 is 0 Å². The normalized spacial score (nSPS) is 13.2. The Morgan fingerprint density at radius 3 is 3.00 bits per heavy atom. The molecule has 0 fully saturated rings. The first-order valence-electron chi connectivity index (χ1n) is 3.35. The Morgan fingerprint density at radius 2 is 2.25 bits per heavy atom. The molecular weight excluding hydrogens is 267 g/mol. The Morgan fingerprint density at radius 1 is 1.42 bits per heavy atom. The molecule has 1 aliphatic heterocycles. The average molecular weight is 271 g/mol. The summed E-state index contributed by atoms with van der Waals surface area (Å²) in [5, 5.41) is 3.89. The minimum absolute atomic E-state index is 0.662. The fourth-order valence-corrected chi connectivity index (χ4v) is 1.57. The van der Waals surface area contributed by atoms with Crippen LogP contribution in [0.4, 0.5) is 5.69 Å². The fourth-order valence-electron chi connectivity index (χ4n) is 1.03. The van der Waals surface area contributed by atoms with Crippen molar-refractivity contribution in [1.29, 1.82) is 0 Å². The second-order valence-corrected chi connectivity index (χ2v) is 3.41. The third-order valence-corrected chi connectivity index (χ3v) is 2.42. The average Bonchev–Trinajstić information content (AvgIpc) is 2.47. The summed E-state index contributed by atoms with van der Waals surface area (Å²) in [7, 11) is 0. The zero-order valence-corrected chi connectivity index (χ0v) is 8.15. The molecule has 3 nitrogen and oxygen atoms in total. The van der Waals surface area contributed by atoms with Crippen LogP contribution in [0.3, 0.4) is 0 Å². The van der Waals surface area contributed by atoms with Gasteiger partial charge in [0.15, 0.2) is 0 Å². The first kappa shape index (κ1) is 7.72. The summed E-state index contributed by atoms with van der Waals surface area (Å²) >= 11 is 2.10. The number of hydrogen-bond donors (Lipinski definition) is 0. The van der Waals surface area contributed by atoms with Crippen LogP contribution in [0.2, 0.25) is 0 Å². The fraction of sp³-hybridized carbons (Fsp3) is 0. The number of hydrogen-bond acceptors (Lipinski definition) is 2. The number of nitrogens with zero attached hydrogens (tertiary/aromatic N) is 2. The van der Waals surface area contributed by atoms with Gasteiger partial charge in [-0.3, -0.25) is 4.79 Å². The van der Waals surface area contributed by atoms with Crippen molar-refractivity contribution in [2.24, 2.45) is 5.10 Å². The summed E-state index contributed by atoms with van der Waals surface area (Å²) < 4.78 is 0.839. The lowest BCUT2D eigenvalue weighted by atomic mass is 10.1. The summed E-state index contributed by atoms with van der Waals surface area (Å²) in [6.45, 7) is 0. The highest BCUT2D eigenvalue weighted by Gasteiger charge is 2.14. The van der Waals surface area contributed by atoms with E-state index in [2.05, 4.69) is 33.1 Å². The SMILES string of the molecule is O=Cc1ccc2c(c1)C(I)=N[N]2. The minimum Gasteiger partial charge on any atom is -0.298 e. The monoisotopic (exact) mass is 271 g/mol. The summed E-state index contributed by atoms with van der Waals surface area (Å²) in [6, 6.07) is 5.33. The summed E-state index contributed by atoms with van der Waals surface area (Å²) in [5.74, 6) is 0. The molecule has 0 unspecified atom stereocenters. The van der Waals surface area contributed by atoms with Gasteiger partial charge in [-0.05, 0) is 40.8 Å². The quantitative estimate of drug-likeness (QED) is 0.567. The van der Waals surface area contributed by atoms with Crippen molar-refractivity contribution in [2.75, 3.05) is 0 Å². The van der Waals surface area contributed by atoms with E-state index in [-0.39, 0.29) is 0 Å². The molecule has 0 amide bonds. The van der Waals surface area contributed by atoms with E-state index in [1.165, 1.54) is 0 Å². The lowest BCUT2D eigenvalue weighted by Gasteiger charge is -1.95. The molecule has 1 heterocycles. The van der Waals surface area contributed by atoms with Crippen LogP contribution in [0, 0.1) is 0 Å². The topological polar surface area (TPSA) is 43.5 Å². The maximum absolute atomic E-state index is 10.4. The van der Waals surface area contributed by atoms with Crippen LogP contribution in [0.25, 0.3) is 0 Å². The first-order valence-corrected chi connectivity index (χ1v) is 4.43. The predicted molar refractivity (Wildman–Crippen MR) is 54.2 cm³/mol. The Hall–Kier alpha value is -0.910. The van der Waals surface area contributed by atoms with E-state index in [0.717, 1.165) is 21.3 Å². The summed E-state index contributed by atoms with van der Waals surface area (Å²) in [5.41, 5.74) is 6.37. The number of halogens is 1. The molecule has 1 aromatic carbocycles. The van der Waals surface area contributed by atoms with Gasteiger partial charge in [-0.25, -0.2) is 0 Å². The molecule has 0 aliphatic carbocycles. The lowest BCUT2D eigenvalue weighted by Crippen LogP contribution is -1.88. The molecule has 0 aromatic heterocycles. The number of carbonyl (C=O) groups excluding carboxylic acids is 1. The number of rotatable bonds is 1. The molecule has 4 heteroatoms. The third kappa shape index (κ3) is 1.12.